The quantitative estimate of drug-likeness (QED) is 0.171. The fourth-order valence-electron chi connectivity index (χ4n) is 4.57. The van der Waals surface area contributed by atoms with Gasteiger partial charge in [0.05, 0.1) is 28.8 Å². The molecule has 0 spiro atoms. The van der Waals surface area contributed by atoms with Gasteiger partial charge in [-0.3, -0.25) is 19.2 Å². The second-order valence-corrected chi connectivity index (χ2v) is 12.1. The van der Waals surface area contributed by atoms with Crippen molar-refractivity contribution in [2.45, 2.75) is 70.8 Å². The van der Waals surface area contributed by atoms with Gasteiger partial charge in [-0.2, -0.15) is 0 Å². The Balaban J connectivity index is 2.44. The highest BCUT2D eigenvalue weighted by Crippen LogP contribution is 2.16. The lowest BCUT2D eigenvalue weighted by Gasteiger charge is -2.34. The number of carbonyl (C=O) groups excluding carboxylic acids is 4. The lowest BCUT2D eigenvalue weighted by atomic mass is 9.91. The Morgan fingerprint density at radius 3 is 1.24 bits per heavy atom. The maximum Gasteiger partial charge on any atom is 0.243 e. The summed E-state index contributed by atoms with van der Waals surface area (Å²) >= 11 is 6.24. The van der Waals surface area contributed by atoms with E-state index >= 15 is 0 Å². The first-order chi connectivity index (χ1) is 20.0. The van der Waals surface area contributed by atoms with Gasteiger partial charge in [0.1, 0.15) is 12.1 Å². The van der Waals surface area contributed by atoms with Crippen LogP contribution in [-0.4, -0.2) is 69.7 Å². The van der Waals surface area contributed by atoms with Crippen LogP contribution in [0.15, 0.2) is 60.7 Å². The molecule has 0 saturated carbocycles. The van der Waals surface area contributed by atoms with Crippen LogP contribution >= 0.6 is 31.9 Å². The van der Waals surface area contributed by atoms with Gasteiger partial charge in [-0.25, -0.2) is 0 Å². The summed E-state index contributed by atoms with van der Waals surface area (Å²) in [5.41, 5.74) is 1.75. The highest BCUT2D eigenvalue weighted by molar-refractivity contribution is 9.09. The van der Waals surface area contributed by atoms with Crippen LogP contribution in [0.4, 0.5) is 0 Å². The number of aliphatic hydroxyl groups is 1. The van der Waals surface area contributed by atoms with Gasteiger partial charge in [0.25, 0.3) is 0 Å². The molecule has 4 amide bonds. The summed E-state index contributed by atoms with van der Waals surface area (Å²) in [4.78, 5) is 51.3. The van der Waals surface area contributed by atoms with E-state index in [9.17, 15) is 24.3 Å². The molecule has 2 rings (SSSR count). The zero-order valence-corrected chi connectivity index (χ0v) is 27.7. The van der Waals surface area contributed by atoms with E-state index in [1.165, 1.54) is 0 Å². The van der Waals surface area contributed by atoms with Crippen molar-refractivity contribution in [3.05, 3.63) is 71.8 Å². The Kier molecular flexibility index (Phi) is 15.2. The first-order valence-electron chi connectivity index (χ1n) is 14.0. The maximum absolute atomic E-state index is 13.5. The minimum atomic E-state index is -1.22. The number of rotatable bonds is 16. The van der Waals surface area contributed by atoms with Gasteiger partial charge in [0.15, 0.2) is 0 Å². The molecule has 0 fully saturated rings. The Bertz CT molecular complexity index is 1060. The van der Waals surface area contributed by atoms with Crippen molar-refractivity contribution in [3.63, 3.8) is 0 Å². The van der Waals surface area contributed by atoms with Crippen LogP contribution in [0.25, 0.3) is 0 Å². The van der Waals surface area contributed by atoms with Crippen LogP contribution in [0.1, 0.15) is 38.8 Å². The first-order valence-corrected chi connectivity index (χ1v) is 16.3. The number of aliphatic hydroxyl groups excluding tert-OH is 1. The lowest BCUT2D eigenvalue weighted by Crippen LogP contribution is -2.61. The number of carbonyl (C=O) groups is 4. The van der Waals surface area contributed by atoms with Gasteiger partial charge in [0, 0.05) is 0 Å². The monoisotopic (exact) mass is 708 g/mol. The lowest BCUT2D eigenvalue weighted by molar-refractivity contribution is -0.131. The van der Waals surface area contributed by atoms with E-state index in [-0.39, 0.29) is 47.2 Å². The van der Waals surface area contributed by atoms with Crippen LogP contribution in [0.2, 0.25) is 0 Å². The van der Waals surface area contributed by atoms with Crippen molar-refractivity contribution < 1.29 is 24.3 Å². The average molecular weight is 711 g/mol. The second-order valence-electron chi connectivity index (χ2n) is 10.9. The zero-order valence-electron chi connectivity index (χ0n) is 24.5. The number of hydrogen-bond donors (Lipinski definition) is 5. The van der Waals surface area contributed by atoms with Crippen LogP contribution in [-0.2, 0) is 32.0 Å². The molecule has 2 aromatic rings. The molecular weight excluding hydrogens is 668 g/mol. The van der Waals surface area contributed by atoms with E-state index in [1.807, 2.05) is 88.4 Å². The van der Waals surface area contributed by atoms with Gasteiger partial charge >= 0.3 is 0 Å². The van der Waals surface area contributed by atoms with Gasteiger partial charge < -0.3 is 26.4 Å². The van der Waals surface area contributed by atoms with Crippen molar-refractivity contribution in [1.82, 2.24) is 21.3 Å². The third kappa shape index (κ3) is 11.5. The molecule has 0 heterocycles. The maximum atomic E-state index is 13.5. The fraction of sp³-hybridized carbons (Fsp3) is 0.484. The molecule has 230 valence electrons. The molecule has 2 aromatic carbocycles. The zero-order chi connectivity index (χ0) is 31.2. The smallest absolute Gasteiger partial charge is 0.243 e. The Labute approximate surface area is 265 Å². The molecule has 0 saturated heterocycles. The molecule has 0 aromatic heterocycles. The summed E-state index contributed by atoms with van der Waals surface area (Å²) in [6.45, 7) is 7.31. The molecule has 0 aliphatic rings. The van der Waals surface area contributed by atoms with Crippen molar-refractivity contribution in [3.8, 4) is 0 Å². The molecular formula is C31H42Br2N4O5. The highest BCUT2D eigenvalue weighted by Gasteiger charge is 2.35. The third-order valence-corrected chi connectivity index (χ3v) is 7.87. The molecule has 5 N–H and O–H groups in total. The predicted octanol–water partition coefficient (Wildman–Crippen LogP) is 2.87. The van der Waals surface area contributed by atoms with Gasteiger partial charge in [-0.05, 0) is 35.8 Å². The second kappa shape index (κ2) is 18.0. The Morgan fingerprint density at radius 1 is 0.619 bits per heavy atom. The molecule has 0 radical (unpaired) electrons. The normalized spacial score (nSPS) is 14.1. The minimum absolute atomic E-state index is 0.0490. The molecule has 0 aliphatic heterocycles. The first kappa shape index (κ1) is 35.4. The molecule has 42 heavy (non-hydrogen) atoms. The standard InChI is InChI=1S/C31H42Br2N4O5/c1-19(2)27(36-25(38)17-32)30(41)34-23(15-21-11-7-5-8-12-21)29(40)24(16-22-13-9-6-10-14-22)35-31(42)28(20(3)4)37-26(39)18-33/h5-14,19-20,23-24,27-29,40H,15-18H2,1-4H3,(H,34,41)(H,35,42)(H,36,38)(H,37,39)/t23-,24-,27-,28-/m0/s1. The number of nitrogens with one attached hydrogen (secondary N) is 4. The average Bonchev–Trinajstić information content (AvgIpc) is 2.97. The molecule has 4 atom stereocenters. The third-order valence-electron chi connectivity index (χ3n) is 6.85. The Morgan fingerprint density at radius 2 is 0.952 bits per heavy atom. The van der Waals surface area contributed by atoms with Crippen LogP contribution < -0.4 is 21.3 Å². The number of benzene rings is 2. The number of amides is 4. The van der Waals surface area contributed by atoms with E-state index in [0.717, 1.165) is 11.1 Å². The highest BCUT2D eigenvalue weighted by atomic mass is 79.9. The number of hydrogen-bond acceptors (Lipinski definition) is 5. The fourth-order valence-corrected chi connectivity index (χ4v) is 4.89. The summed E-state index contributed by atoms with van der Waals surface area (Å²) in [5, 5.41) is 23.4. The van der Waals surface area contributed by atoms with Crippen LogP contribution in [0.3, 0.4) is 0 Å². The molecule has 9 nitrogen and oxygen atoms in total. The molecule has 0 unspecified atom stereocenters. The largest absolute Gasteiger partial charge is 0.389 e. The minimum Gasteiger partial charge on any atom is -0.389 e. The number of alkyl halides is 2. The summed E-state index contributed by atoms with van der Waals surface area (Å²) in [6, 6.07) is 15.6. The van der Waals surface area contributed by atoms with E-state index < -0.39 is 42.1 Å². The van der Waals surface area contributed by atoms with Crippen molar-refractivity contribution in [1.29, 1.82) is 0 Å². The molecule has 11 heteroatoms. The van der Waals surface area contributed by atoms with Crippen molar-refractivity contribution >= 4 is 55.5 Å². The van der Waals surface area contributed by atoms with E-state index in [1.54, 1.807) is 0 Å². The number of halogens is 2. The Hall–Kier alpha value is -2.76. The van der Waals surface area contributed by atoms with Gasteiger partial charge in [0.2, 0.25) is 23.6 Å². The van der Waals surface area contributed by atoms with E-state index in [2.05, 4.69) is 53.1 Å². The summed E-state index contributed by atoms with van der Waals surface area (Å²) < 4.78 is 0. The SMILES string of the molecule is CC(C)[C@H](NC(=O)CBr)C(=O)N[C@@H](Cc1ccccc1)C(O)[C@H](Cc1ccccc1)NC(=O)[C@@H](NC(=O)CBr)C(C)C. The summed E-state index contributed by atoms with van der Waals surface area (Å²) in [5.74, 6) is -1.96. The molecule has 0 bridgehead atoms. The van der Waals surface area contributed by atoms with Crippen LogP contribution in [0.5, 0.6) is 0 Å². The van der Waals surface area contributed by atoms with Gasteiger partial charge in [-0.15, -0.1) is 0 Å². The van der Waals surface area contributed by atoms with Crippen molar-refractivity contribution in [2.24, 2.45) is 11.8 Å². The van der Waals surface area contributed by atoms with Crippen LogP contribution in [0, 0.1) is 11.8 Å². The van der Waals surface area contributed by atoms with E-state index in [0.29, 0.717) is 0 Å². The summed E-state index contributed by atoms with van der Waals surface area (Å²) in [6.07, 6.45) is -0.669. The summed E-state index contributed by atoms with van der Waals surface area (Å²) in [7, 11) is 0. The topological polar surface area (TPSA) is 137 Å². The van der Waals surface area contributed by atoms with Crippen molar-refractivity contribution in [2.75, 3.05) is 10.7 Å². The van der Waals surface area contributed by atoms with E-state index in [4.69, 9.17) is 0 Å². The predicted molar refractivity (Wildman–Crippen MR) is 171 cm³/mol. The van der Waals surface area contributed by atoms with Gasteiger partial charge in [-0.1, -0.05) is 120 Å². The molecule has 0 aliphatic carbocycles.